The fourth-order valence-corrected chi connectivity index (χ4v) is 2.07. The van der Waals surface area contributed by atoms with Gasteiger partial charge in [-0.1, -0.05) is 32.1 Å². The van der Waals surface area contributed by atoms with Crippen molar-refractivity contribution < 1.29 is 0 Å². The van der Waals surface area contributed by atoms with Crippen molar-refractivity contribution in [1.29, 1.82) is 0 Å². The Kier molecular flexibility index (Phi) is 4.83. The Morgan fingerprint density at radius 3 is 2.62 bits per heavy atom. The predicted molar refractivity (Wildman–Crippen MR) is 56.5 cm³/mol. The van der Waals surface area contributed by atoms with Gasteiger partial charge in [-0.05, 0) is 12.3 Å². The van der Waals surface area contributed by atoms with E-state index in [9.17, 15) is 0 Å². The van der Waals surface area contributed by atoms with Crippen LogP contribution < -0.4 is 11.3 Å². The van der Waals surface area contributed by atoms with Crippen LogP contribution in [0.3, 0.4) is 0 Å². The van der Waals surface area contributed by atoms with Gasteiger partial charge in [0, 0.05) is 13.5 Å². The second-order valence-corrected chi connectivity index (χ2v) is 3.86. The second-order valence-electron chi connectivity index (χ2n) is 3.86. The van der Waals surface area contributed by atoms with E-state index >= 15 is 0 Å². The summed E-state index contributed by atoms with van der Waals surface area (Å²) in [5.41, 5.74) is 2.64. The van der Waals surface area contributed by atoms with Crippen molar-refractivity contribution in [3.05, 3.63) is 0 Å². The average molecular weight is 183 g/mol. The third kappa shape index (κ3) is 3.77. The minimum absolute atomic E-state index is 0.916. The molecule has 0 radical (unpaired) electrons. The molecule has 0 aromatic carbocycles. The molecule has 0 saturated heterocycles. The highest BCUT2D eigenvalue weighted by atomic mass is 15.2. The molecule has 13 heavy (non-hydrogen) atoms. The molecule has 0 amide bonds. The van der Waals surface area contributed by atoms with E-state index in [-0.39, 0.29) is 0 Å². The maximum Gasteiger partial charge on any atom is 0.110 e. The molecule has 0 spiro atoms. The Bertz CT molecular complexity index is 160. The van der Waals surface area contributed by atoms with Crippen molar-refractivity contribution in [2.75, 3.05) is 7.05 Å². The monoisotopic (exact) mass is 183 g/mol. The lowest BCUT2D eigenvalue weighted by atomic mass is 9.86. The third-order valence-corrected chi connectivity index (χ3v) is 2.95. The zero-order chi connectivity index (χ0) is 9.52. The lowest BCUT2D eigenvalue weighted by Gasteiger charge is -2.21. The largest absolute Gasteiger partial charge is 0.312 e. The maximum atomic E-state index is 5.32. The van der Waals surface area contributed by atoms with Gasteiger partial charge >= 0.3 is 0 Å². The Morgan fingerprint density at radius 2 is 2.08 bits per heavy atom. The molecule has 0 bridgehead atoms. The molecule has 0 aromatic heterocycles. The average Bonchev–Trinajstić information content (AvgIpc) is 2.21. The van der Waals surface area contributed by atoms with E-state index in [1.807, 2.05) is 0 Å². The Balaban J connectivity index is 2.16. The molecule has 1 saturated carbocycles. The van der Waals surface area contributed by atoms with Gasteiger partial charge in [-0.3, -0.25) is 4.99 Å². The number of nitrogens with two attached hydrogens (primary N) is 1. The fourth-order valence-electron chi connectivity index (χ4n) is 2.07. The lowest BCUT2D eigenvalue weighted by Crippen LogP contribution is -2.30. The van der Waals surface area contributed by atoms with Crippen molar-refractivity contribution >= 4 is 5.84 Å². The minimum Gasteiger partial charge on any atom is -0.312 e. The number of hydrogen-bond donors (Lipinski definition) is 2. The Hall–Kier alpha value is -0.570. The summed E-state index contributed by atoms with van der Waals surface area (Å²) >= 11 is 0. The first-order valence-electron chi connectivity index (χ1n) is 5.29. The van der Waals surface area contributed by atoms with Gasteiger partial charge in [-0.15, -0.1) is 0 Å². The molecule has 1 fully saturated rings. The summed E-state index contributed by atoms with van der Waals surface area (Å²) < 4.78 is 0. The Labute approximate surface area is 80.8 Å². The van der Waals surface area contributed by atoms with Crippen molar-refractivity contribution in [3.8, 4) is 0 Å². The number of aliphatic imine (C=N–C) groups is 1. The first-order chi connectivity index (χ1) is 6.36. The van der Waals surface area contributed by atoms with E-state index in [0.29, 0.717) is 0 Å². The predicted octanol–water partition coefficient (Wildman–Crippen LogP) is 1.84. The van der Waals surface area contributed by atoms with Gasteiger partial charge in [0.05, 0.1) is 0 Å². The molecule has 1 aliphatic rings. The van der Waals surface area contributed by atoms with Crippen LogP contribution in [0.15, 0.2) is 4.99 Å². The molecule has 76 valence electrons. The van der Waals surface area contributed by atoms with Crippen LogP contribution in [-0.4, -0.2) is 12.9 Å². The number of hydrogen-bond acceptors (Lipinski definition) is 2. The zero-order valence-corrected chi connectivity index (χ0v) is 8.55. The van der Waals surface area contributed by atoms with Crippen molar-refractivity contribution in [2.45, 2.75) is 44.9 Å². The van der Waals surface area contributed by atoms with Crippen molar-refractivity contribution in [1.82, 2.24) is 5.43 Å². The van der Waals surface area contributed by atoms with Crippen LogP contribution in [0.2, 0.25) is 0 Å². The Morgan fingerprint density at radius 1 is 1.38 bits per heavy atom. The first kappa shape index (κ1) is 10.5. The quantitative estimate of drug-likeness (QED) is 0.303. The van der Waals surface area contributed by atoms with Crippen LogP contribution in [0.4, 0.5) is 0 Å². The van der Waals surface area contributed by atoms with E-state index in [1.165, 1.54) is 38.5 Å². The normalized spacial score (nSPS) is 20.3. The van der Waals surface area contributed by atoms with Crippen LogP contribution in [0.1, 0.15) is 44.9 Å². The van der Waals surface area contributed by atoms with Crippen molar-refractivity contribution in [2.24, 2.45) is 16.8 Å². The van der Waals surface area contributed by atoms with Crippen LogP contribution in [-0.2, 0) is 0 Å². The smallest absolute Gasteiger partial charge is 0.110 e. The second kappa shape index (κ2) is 5.97. The van der Waals surface area contributed by atoms with E-state index in [4.69, 9.17) is 5.84 Å². The number of amidine groups is 1. The summed E-state index contributed by atoms with van der Waals surface area (Å²) in [6.45, 7) is 0. The van der Waals surface area contributed by atoms with Crippen LogP contribution in [0.25, 0.3) is 0 Å². The first-order valence-corrected chi connectivity index (χ1v) is 5.29. The molecule has 0 aliphatic heterocycles. The molecule has 1 rings (SSSR count). The SMILES string of the molecule is CN=C(CCC1CCCCC1)NN. The molecule has 1 aliphatic carbocycles. The standard InChI is InChI=1S/C10H21N3/c1-12-10(13-11)8-7-9-5-3-2-4-6-9/h9H,2-8,11H2,1H3,(H,12,13). The van der Waals surface area contributed by atoms with Crippen LogP contribution in [0, 0.1) is 5.92 Å². The van der Waals surface area contributed by atoms with E-state index < -0.39 is 0 Å². The number of rotatable bonds is 3. The summed E-state index contributed by atoms with van der Waals surface area (Å²) in [4.78, 5) is 4.07. The number of nitrogens with zero attached hydrogens (tertiary/aromatic N) is 1. The fraction of sp³-hybridized carbons (Fsp3) is 0.900. The van der Waals surface area contributed by atoms with Gasteiger partial charge in [0.15, 0.2) is 0 Å². The van der Waals surface area contributed by atoms with Gasteiger partial charge in [0.25, 0.3) is 0 Å². The van der Waals surface area contributed by atoms with Crippen LogP contribution in [0.5, 0.6) is 0 Å². The number of hydrazine groups is 1. The minimum atomic E-state index is 0.916. The lowest BCUT2D eigenvalue weighted by molar-refractivity contribution is 0.343. The van der Waals surface area contributed by atoms with Gasteiger partial charge in [0.2, 0.25) is 0 Å². The summed E-state index contributed by atoms with van der Waals surface area (Å²) in [5.74, 6) is 7.17. The molecule has 3 nitrogen and oxygen atoms in total. The summed E-state index contributed by atoms with van der Waals surface area (Å²) in [6, 6.07) is 0. The highest BCUT2D eigenvalue weighted by molar-refractivity contribution is 5.81. The maximum absolute atomic E-state index is 5.32. The molecule has 0 atom stereocenters. The molecule has 0 unspecified atom stereocenters. The van der Waals surface area contributed by atoms with Gasteiger partial charge in [-0.2, -0.15) is 0 Å². The van der Waals surface area contributed by atoms with Crippen LogP contribution >= 0.6 is 0 Å². The topological polar surface area (TPSA) is 50.4 Å². The van der Waals surface area contributed by atoms with Crippen molar-refractivity contribution in [3.63, 3.8) is 0 Å². The molecular formula is C10H21N3. The van der Waals surface area contributed by atoms with Gasteiger partial charge in [0.1, 0.15) is 5.84 Å². The molecule has 3 heteroatoms. The van der Waals surface area contributed by atoms with E-state index in [1.54, 1.807) is 7.05 Å². The molecule has 0 aromatic rings. The highest BCUT2D eigenvalue weighted by Crippen LogP contribution is 2.27. The molecular weight excluding hydrogens is 162 g/mol. The molecule has 3 N–H and O–H groups in total. The summed E-state index contributed by atoms with van der Waals surface area (Å²) in [7, 11) is 1.79. The third-order valence-electron chi connectivity index (χ3n) is 2.95. The van der Waals surface area contributed by atoms with E-state index in [0.717, 1.165) is 18.2 Å². The molecule has 0 heterocycles. The summed E-state index contributed by atoms with van der Waals surface area (Å²) in [5, 5.41) is 0. The number of nitrogens with one attached hydrogen (secondary N) is 1. The van der Waals surface area contributed by atoms with E-state index in [2.05, 4.69) is 10.4 Å². The van der Waals surface area contributed by atoms with Gasteiger partial charge < -0.3 is 5.43 Å². The van der Waals surface area contributed by atoms with Gasteiger partial charge in [-0.25, -0.2) is 5.84 Å². The highest BCUT2D eigenvalue weighted by Gasteiger charge is 2.13. The zero-order valence-electron chi connectivity index (χ0n) is 8.55. The summed E-state index contributed by atoms with van der Waals surface area (Å²) in [6.07, 6.45) is 9.33.